The van der Waals surface area contributed by atoms with Gasteiger partial charge < -0.3 is 15.0 Å². The van der Waals surface area contributed by atoms with Crippen LogP contribution in [0.15, 0.2) is 40.9 Å². The van der Waals surface area contributed by atoms with Crippen LogP contribution in [-0.4, -0.2) is 35.4 Å². The Morgan fingerprint density at radius 2 is 1.65 bits per heavy atom. The van der Waals surface area contributed by atoms with E-state index in [1.807, 2.05) is 71.0 Å². The van der Waals surface area contributed by atoms with Gasteiger partial charge in [-0.15, -0.1) is 0 Å². The average Bonchev–Trinajstić information content (AvgIpc) is 2.74. The molecule has 1 N–H and O–H groups in total. The Kier molecular flexibility index (Phi) is 9.11. The maximum absolute atomic E-state index is 13.1. The van der Waals surface area contributed by atoms with Crippen LogP contribution in [0.5, 0.6) is 5.75 Å². The van der Waals surface area contributed by atoms with Gasteiger partial charge in [0.15, 0.2) is 6.61 Å². The van der Waals surface area contributed by atoms with Crippen molar-refractivity contribution in [2.24, 2.45) is 0 Å². The molecule has 0 fully saturated rings. The van der Waals surface area contributed by atoms with Gasteiger partial charge in [-0.25, -0.2) is 0 Å². The van der Waals surface area contributed by atoms with Crippen molar-refractivity contribution in [3.8, 4) is 5.75 Å². The monoisotopic (exact) mass is 488 g/mol. The number of ether oxygens (including phenoxy) is 1. The third-order valence-corrected chi connectivity index (χ3v) is 6.66. The lowest BCUT2D eigenvalue weighted by Crippen LogP contribution is -2.50. The van der Waals surface area contributed by atoms with Crippen LogP contribution in [0.1, 0.15) is 49.4 Å². The van der Waals surface area contributed by atoms with Gasteiger partial charge in [-0.3, -0.25) is 9.59 Å². The second-order valence-corrected chi connectivity index (χ2v) is 8.95. The highest BCUT2D eigenvalue weighted by molar-refractivity contribution is 9.10. The molecular formula is C25H33BrN2O3. The number of hydrogen-bond acceptors (Lipinski definition) is 3. The van der Waals surface area contributed by atoms with Crippen molar-refractivity contribution in [3.05, 3.63) is 63.1 Å². The van der Waals surface area contributed by atoms with Crippen molar-refractivity contribution >= 4 is 27.7 Å². The normalized spacial score (nSPS) is 12.7. The number of nitrogens with zero attached hydrogens (tertiary/aromatic N) is 1. The number of carbonyl (C=O) groups excluding carboxylic acids is 2. The first-order chi connectivity index (χ1) is 14.6. The number of halogens is 1. The molecule has 31 heavy (non-hydrogen) atoms. The quantitative estimate of drug-likeness (QED) is 0.534. The SMILES string of the molecule is CCC(C)NC(=O)C(C)N(Cc1ccc(C)cc1)C(=O)COc1cc(C)c(Br)c(C)c1. The van der Waals surface area contributed by atoms with Crippen LogP contribution in [-0.2, 0) is 16.1 Å². The lowest BCUT2D eigenvalue weighted by atomic mass is 10.1. The summed E-state index contributed by atoms with van der Waals surface area (Å²) in [5.41, 5.74) is 4.20. The van der Waals surface area contributed by atoms with E-state index in [1.54, 1.807) is 11.8 Å². The molecule has 0 bridgehead atoms. The summed E-state index contributed by atoms with van der Waals surface area (Å²) in [6, 6.07) is 11.2. The van der Waals surface area contributed by atoms with E-state index >= 15 is 0 Å². The van der Waals surface area contributed by atoms with E-state index in [1.165, 1.54) is 0 Å². The van der Waals surface area contributed by atoms with Gasteiger partial charge >= 0.3 is 0 Å². The molecule has 0 heterocycles. The van der Waals surface area contributed by atoms with Gasteiger partial charge in [0.25, 0.3) is 5.91 Å². The minimum Gasteiger partial charge on any atom is -0.484 e. The third kappa shape index (κ3) is 7.10. The number of nitrogens with one attached hydrogen (secondary N) is 1. The van der Waals surface area contributed by atoms with Gasteiger partial charge in [0.1, 0.15) is 11.8 Å². The zero-order valence-electron chi connectivity index (χ0n) is 19.3. The number of rotatable bonds is 9. The second-order valence-electron chi connectivity index (χ2n) is 8.16. The smallest absolute Gasteiger partial charge is 0.261 e. The predicted octanol–water partition coefficient (Wildman–Crippen LogP) is 5.09. The van der Waals surface area contributed by atoms with Crippen LogP contribution in [0.2, 0.25) is 0 Å². The zero-order chi connectivity index (χ0) is 23.1. The summed E-state index contributed by atoms with van der Waals surface area (Å²) in [6.07, 6.45) is 0.829. The highest BCUT2D eigenvalue weighted by Crippen LogP contribution is 2.26. The standard InChI is InChI=1S/C25H33BrN2O3/c1-7-19(5)27-25(30)20(6)28(14-21-10-8-16(2)9-11-21)23(29)15-31-22-12-17(3)24(26)18(4)13-22/h8-13,19-20H,7,14-15H2,1-6H3,(H,27,30). The van der Waals surface area contributed by atoms with Crippen LogP contribution in [0.25, 0.3) is 0 Å². The summed E-state index contributed by atoms with van der Waals surface area (Å²) in [5.74, 6) is 0.245. The second kappa shape index (κ2) is 11.3. The minimum absolute atomic E-state index is 0.0521. The molecule has 0 aliphatic carbocycles. The van der Waals surface area contributed by atoms with Crippen molar-refractivity contribution in [1.29, 1.82) is 0 Å². The van der Waals surface area contributed by atoms with Crippen molar-refractivity contribution in [1.82, 2.24) is 10.2 Å². The van der Waals surface area contributed by atoms with E-state index < -0.39 is 6.04 Å². The predicted molar refractivity (Wildman–Crippen MR) is 128 cm³/mol. The van der Waals surface area contributed by atoms with Crippen LogP contribution in [0.3, 0.4) is 0 Å². The van der Waals surface area contributed by atoms with E-state index in [2.05, 4.69) is 21.2 Å². The molecule has 0 saturated heterocycles. The molecule has 0 aromatic heterocycles. The Morgan fingerprint density at radius 3 is 2.19 bits per heavy atom. The molecular weight excluding hydrogens is 456 g/mol. The van der Waals surface area contributed by atoms with Gasteiger partial charge in [0, 0.05) is 17.1 Å². The van der Waals surface area contributed by atoms with Crippen LogP contribution < -0.4 is 10.1 Å². The molecule has 0 radical (unpaired) electrons. The molecule has 5 nitrogen and oxygen atoms in total. The summed E-state index contributed by atoms with van der Waals surface area (Å²) in [4.78, 5) is 27.5. The van der Waals surface area contributed by atoms with Gasteiger partial charge in [-0.2, -0.15) is 0 Å². The van der Waals surface area contributed by atoms with Crippen molar-refractivity contribution in [3.63, 3.8) is 0 Å². The van der Waals surface area contributed by atoms with Crippen molar-refractivity contribution < 1.29 is 14.3 Å². The fourth-order valence-corrected chi connectivity index (χ4v) is 3.38. The molecule has 6 heteroatoms. The Balaban J connectivity index is 2.18. The molecule has 0 spiro atoms. The first-order valence-corrected chi connectivity index (χ1v) is 11.5. The summed E-state index contributed by atoms with van der Waals surface area (Å²) in [5, 5.41) is 2.98. The van der Waals surface area contributed by atoms with E-state index in [-0.39, 0.29) is 24.5 Å². The molecule has 2 amide bonds. The van der Waals surface area contributed by atoms with E-state index in [0.717, 1.165) is 33.1 Å². The van der Waals surface area contributed by atoms with Gasteiger partial charge in [0.05, 0.1) is 0 Å². The topological polar surface area (TPSA) is 58.6 Å². The van der Waals surface area contributed by atoms with Gasteiger partial charge in [0.2, 0.25) is 5.91 Å². The van der Waals surface area contributed by atoms with Gasteiger partial charge in [-0.1, -0.05) is 52.7 Å². The third-order valence-electron chi connectivity index (χ3n) is 5.41. The highest BCUT2D eigenvalue weighted by atomic mass is 79.9. The van der Waals surface area contributed by atoms with Crippen LogP contribution >= 0.6 is 15.9 Å². The molecule has 2 aromatic rings. The first kappa shape index (κ1) is 24.9. The minimum atomic E-state index is -0.611. The summed E-state index contributed by atoms with van der Waals surface area (Å²) >= 11 is 3.54. The molecule has 2 rings (SSSR count). The Hall–Kier alpha value is -2.34. The van der Waals surface area contributed by atoms with Crippen molar-refractivity contribution in [2.75, 3.05) is 6.61 Å². The van der Waals surface area contributed by atoms with E-state index in [0.29, 0.717) is 12.3 Å². The molecule has 2 atom stereocenters. The van der Waals surface area contributed by atoms with Gasteiger partial charge in [-0.05, 0) is 69.9 Å². The van der Waals surface area contributed by atoms with Crippen LogP contribution in [0, 0.1) is 20.8 Å². The molecule has 0 aliphatic heterocycles. The zero-order valence-corrected chi connectivity index (χ0v) is 20.9. The Labute approximate surface area is 194 Å². The average molecular weight is 489 g/mol. The Morgan fingerprint density at radius 1 is 1.06 bits per heavy atom. The summed E-state index contributed by atoms with van der Waals surface area (Å²) < 4.78 is 6.84. The number of aryl methyl sites for hydroxylation is 3. The number of hydrogen-bond donors (Lipinski definition) is 1. The largest absolute Gasteiger partial charge is 0.484 e. The maximum Gasteiger partial charge on any atom is 0.261 e. The lowest BCUT2D eigenvalue weighted by molar-refractivity contribution is -0.142. The summed E-state index contributed by atoms with van der Waals surface area (Å²) in [7, 11) is 0. The lowest BCUT2D eigenvalue weighted by Gasteiger charge is -2.29. The molecule has 168 valence electrons. The first-order valence-electron chi connectivity index (χ1n) is 10.7. The van der Waals surface area contributed by atoms with E-state index in [9.17, 15) is 9.59 Å². The number of amides is 2. The van der Waals surface area contributed by atoms with E-state index in [4.69, 9.17) is 4.74 Å². The van der Waals surface area contributed by atoms with Crippen LogP contribution in [0.4, 0.5) is 0 Å². The maximum atomic E-state index is 13.1. The highest BCUT2D eigenvalue weighted by Gasteiger charge is 2.27. The fraction of sp³-hybridized carbons (Fsp3) is 0.440. The number of benzene rings is 2. The molecule has 2 aromatic carbocycles. The fourth-order valence-electron chi connectivity index (χ4n) is 3.16. The Bertz CT molecular complexity index is 888. The van der Waals surface area contributed by atoms with Crippen molar-refractivity contribution in [2.45, 2.75) is 66.6 Å². The molecule has 0 saturated carbocycles. The molecule has 2 unspecified atom stereocenters. The molecule has 0 aliphatic rings. The number of carbonyl (C=O) groups is 2. The summed E-state index contributed by atoms with van der Waals surface area (Å²) in [6.45, 7) is 11.9.